The van der Waals surface area contributed by atoms with Crippen molar-refractivity contribution in [2.75, 3.05) is 18.1 Å². The Morgan fingerprint density at radius 3 is 2.27 bits per heavy atom. The molecule has 2 saturated carbocycles. The van der Waals surface area contributed by atoms with Crippen LogP contribution in [0.25, 0.3) is 0 Å². The number of aliphatic hydroxyl groups excluding tert-OH is 1. The number of hydrogen-bond donors (Lipinski definition) is 1. The molecule has 3 heterocycles. The van der Waals surface area contributed by atoms with Gasteiger partial charge in [-0.1, -0.05) is 49.4 Å². The van der Waals surface area contributed by atoms with Crippen molar-refractivity contribution in [1.29, 1.82) is 0 Å². The van der Waals surface area contributed by atoms with Gasteiger partial charge in [-0.15, -0.1) is 0 Å². The lowest BCUT2D eigenvalue weighted by Gasteiger charge is -2.56. The molecule has 5 unspecified atom stereocenters. The first-order valence-corrected chi connectivity index (χ1v) is 15.9. The normalized spacial score (nSPS) is 34.4. The average molecular weight is 551 g/mol. The van der Waals surface area contributed by atoms with Gasteiger partial charge >= 0.3 is 5.97 Å². The Morgan fingerprint density at radius 1 is 0.900 bits per heavy atom. The summed E-state index contributed by atoms with van der Waals surface area (Å²) in [5, 5.41) is 15.9. The van der Waals surface area contributed by atoms with Gasteiger partial charge in [0.05, 0.1) is 18.0 Å². The number of aliphatic hydroxyl groups is 1. The Labute approximate surface area is 238 Å². The number of carbonyl (C=O) groups is 1. The Bertz CT molecular complexity index is 1090. The van der Waals surface area contributed by atoms with E-state index in [2.05, 4.69) is 15.0 Å². The molecule has 8 nitrogen and oxygen atoms in total. The summed E-state index contributed by atoms with van der Waals surface area (Å²) in [4.78, 5) is 28.0. The van der Waals surface area contributed by atoms with Crippen molar-refractivity contribution in [3.05, 3.63) is 24.3 Å². The highest BCUT2D eigenvalue weighted by Gasteiger charge is 2.48. The Kier molecular flexibility index (Phi) is 8.45. The molecule has 40 heavy (non-hydrogen) atoms. The van der Waals surface area contributed by atoms with Crippen molar-refractivity contribution in [2.24, 2.45) is 22.0 Å². The number of hydrogen-bond acceptors (Lipinski definition) is 8. The summed E-state index contributed by atoms with van der Waals surface area (Å²) in [5.41, 5.74) is 1.80. The van der Waals surface area contributed by atoms with Crippen LogP contribution in [0.2, 0.25) is 0 Å². The lowest BCUT2D eigenvalue weighted by Crippen LogP contribution is -2.63. The largest absolute Gasteiger partial charge is 0.461 e. The van der Waals surface area contributed by atoms with Crippen LogP contribution in [0.3, 0.4) is 0 Å². The highest BCUT2D eigenvalue weighted by Crippen LogP contribution is 2.47. The number of fused-ring (bicyclic) bond motifs is 5. The Balaban J connectivity index is 1.28. The van der Waals surface area contributed by atoms with Gasteiger partial charge < -0.3 is 19.6 Å². The molecule has 0 aromatic heterocycles. The van der Waals surface area contributed by atoms with Gasteiger partial charge in [0.25, 0.3) is 0 Å². The fourth-order valence-corrected chi connectivity index (χ4v) is 8.64. The highest BCUT2D eigenvalue weighted by molar-refractivity contribution is 6.67. The van der Waals surface area contributed by atoms with Crippen molar-refractivity contribution in [3.63, 3.8) is 0 Å². The molecular weight excluding hydrogens is 504 g/mol. The second-order valence-electron chi connectivity index (χ2n) is 12.5. The summed E-state index contributed by atoms with van der Waals surface area (Å²) < 4.78 is 5.29. The molecule has 2 aliphatic carbocycles. The number of oxime groups is 1. The zero-order chi connectivity index (χ0) is 27.6. The first kappa shape index (κ1) is 27.7. The molecule has 4 bridgehead atoms. The predicted octanol–water partition coefficient (Wildman–Crippen LogP) is 5.60. The summed E-state index contributed by atoms with van der Waals surface area (Å²) in [6.45, 7) is 4.07. The van der Waals surface area contributed by atoms with Crippen LogP contribution in [0.4, 0.5) is 11.4 Å². The van der Waals surface area contributed by atoms with E-state index < -0.39 is 12.2 Å². The van der Waals surface area contributed by atoms with Crippen LogP contribution in [0.5, 0.6) is 0 Å². The van der Waals surface area contributed by atoms with Crippen molar-refractivity contribution < 1.29 is 19.5 Å². The first-order valence-electron chi connectivity index (χ1n) is 15.9. The van der Waals surface area contributed by atoms with E-state index in [9.17, 15) is 9.90 Å². The van der Waals surface area contributed by atoms with Crippen LogP contribution in [0, 0.1) is 11.8 Å². The Morgan fingerprint density at radius 2 is 1.60 bits per heavy atom. The number of aliphatic imine (C=N–C) groups is 1. The average Bonchev–Trinajstić information content (AvgIpc) is 3.12. The lowest BCUT2D eigenvalue weighted by atomic mass is 9.73. The zero-order valence-electron chi connectivity index (χ0n) is 24.2. The monoisotopic (exact) mass is 550 g/mol. The molecule has 3 aliphatic heterocycles. The third-order valence-corrected chi connectivity index (χ3v) is 10.1. The smallest absolute Gasteiger partial charge is 0.362 e. The van der Waals surface area contributed by atoms with Gasteiger partial charge in [0, 0.05) is 24.2 Å². The maximum Gasteiger partial charge on any atom is 0.362 e. The highest BCUT2D eigenvalue weighted by atomic mass is 16.6. The number of piperidine rings is 2. The number of para-hydroxylation sites is 2. The molecule has 5 atom stereocenters. The number of rotatable bonds is 7. The van der Waals surface area contributed by atoms with Gasteiger partial charge in [-0.05, 0) is 82.8 Å². The van der Waals surface area contributed by atoms with E-state index in [-0.39, 0.29) is 24.1 Å². The van der Waals surface area contributed by atoms with Gasteiger partial charge in [0.2, 0.25) is 5.71 Å². The molecule has 218 valence electrons. The standard InChI is InChI=1S/C32H46N4O4/c1-3-39-32(38)30(34-40-4-2)29-31(37)36(28-15-8-7-14-27(28)33-29)26-19-23-12-9-13-24(20-26)35(23)25-17-21-10-5-6-11-22(16-21)18-25/h7-8,14-15,21-26,31,37H,3-6,9-13,16-20H2,1-2H3. The number of ether oxygens (including phenoxy) is 1. The molecule has 5 aliphatic rings. The van der Waals surface area contributed by atoms with E-state index in [4.69, 9.17) is 14.6 Å². The molecule has 4 fully saturated rings. The number of carbonyl (C=O) groups excluding carboxylic acids is 1. The second-order valence-corrected chi connectivity index (χ2v) is 12.5. The molecule has 1 aromatic carbocycles. The molecule has 0 spiro atoms. The van der Waals surface area contributed by atoms with E-state index in [1.807, 2.05) is 24.3 Å². The molecule has 8 heteroatoms. The maximum atomic E-state index is 12.9. The van der Waals surface area contributed by atoms with Crippen LogP contribution in [-0.2, 0) is 14.4 Å². The van der Waals surface area contributed by atoms with E-state index in [0.717, 1.165) is 36.1 Å². The second kappa shape index (κ2) is 12.2. The topological polar surface area (TPSA) is 87.0 Å². The predicted molar refractivity (Wildman–Crippen MR) is 157 cm³/mol. The van der Waals surface area contributed by atoms with Crippen molar-refractivity contribution >= 4 is 28.8 Å². The molecule has 1 N–H and O–H groups in total. The maximum absolute atomic E-state index is 12.9. The van der Waals surface area contributed by atoms with E-state index in [1.54, 1.807) is 13.8 Å². The number of benzene rings is 1. The van der Waals surface area contributed by atoms with Crippen LogP contribution < -0.4 is 4.90 Å². The molecule has 6 rings (SSSR count). The number of nitrogens with zero attached hydrogens (tertiary/aromatic N) is 4. The van der Waals surface area contributed by atoms with E-state index >= 15 is 0 Å². The molecule has 0 amide bonds. The van der Waals surface area contributed by atoms with Crippen molar-refractivity contribution in [3.8, 4) is 0 Å². The number of anilines is 1. The molecule has 0 radical (unpaired) electrons. The lowest BCUT2D eigenvalue weighted by molar-refractivity contribution is -0.135. The van der Waals surface area contributed by atoms with Gasteiger partial charge in [-0.25, -0.2) is 9.79 Å². The molecule has 2 saturated heterocycles. The van der Waals surface area contributed by atoms with E-state index in [1.165, 1.54) is 64.2 Å². The van der Waals surface area contributed by atoms with Crippen molar-refractivity contribution in [1.82, 2.24) is 4.90 Å². The summed E-state index contributed by atoms with van der Waals surface area (Å²) in [5.74, 6) is 1.19. The van der Waals surface area contributed by atoms with Crippen LogP contribution >= 0.6 is 0 Å². The summed E-state index contributed by atoms with van der Waals surface area (Å²) in [6.07, 6.45) is 14.5. The fourth-order valence-electron chi connectivity index (χ4n) is 8.64. The molecule has 1 aromatic rings. The summed E-state index contributed by atoms with van der Waals surface area (Å²) in [7, 11) is 0. The molecular formula is C32H46N4O4. The first-order chi connectivity index (χ1) is 19.6. The van der Waals surface area contributed by atoms with Gasteiger partial charge in [-0.2, -0.15) is 0 Å². The van der Waals surface area contributed by atoms with E-state index in [0.29, 0.717) is 24.7 Å². The quantitative estimate of drug-likeness (QED) is 0.270. The third-order valence-electron chi connectivity index (χ3n) is 10.1. The van der Waals surface area contributed by atoms with Crippen LogP contribution in [0.15, 0.2) is 34.4 Å². The van der Waals surface area contributed by atoms with Crippen LogP contribution in [-0.4, -0.2) is 71.0 Å². The van der Waals surface area contributed by atoms with Crippen LogP contribution in [0.1, 0.15) is 90.9 Å². The third kappa shape index (κ3) is 5.41. The minimum atomic E-state index is -1.10. The zero-order valence-corrected chi connectivity index (χ0v) is 24.2. The minimum absolute atomic E-state index is 0.0573. The SMILES string of the molecule is CCON=C(C(=O)OCC)C1=Nc2ccccc2N(C2CC3CCCC(C2)N3C2CC3CCCCC(C3)C2)C1O. The summed E-state index contributed by atoms with van der Waals surface area (Å²) >= 11 is 0. The van der Waals surface area contributed by atoms with Gasteiger partial charge in [-0.3, -0.25) is 4.90 Å². The van der Waals surface area contributed by atoms with Crippen molar-refractivity contribution in [2.45, 2.75) is 121 Å². The number of esters is 1. The van der Waals surface area contributed by atoms with Gasteiger partial charge in [0.1, 0.15) is 12.3 Å². The summed E-state index contributed by atoms with van der Waals surface area (Å²) in [6, 6.07) is 9.85. The Hall–Kier alpha value is -2.45. The fraction of sp³-hybridized carbons (Fsp3) is 0.719. The van der Waals surface area contributed by atoms with Gasteiger partial charge in [0.15, 0.2) is 6.23 Å². The minimum Gasteiger partial charge on any atom is -0.461 e.